The summed E-state index contributed by atoms with van der Waals surface area (Å²) in [5.74, 6) is -0.846. The summed E-state index contributed by atoms with van der Waals surface area (Å²) in [6.45, 7) is 1.59. The van der Waals surface area contributed by atoms with Crippen molar-refractivity contribution in [2.45, 2.75) is 39.0 Å². The molecule has 0 spiro atoms. The summed E-state index contributed by atoms with van der Waals surface area (Å²) in [4.78, 5) is 28.5. The van der Waals surface area contributed by atoms with E-state index in [9.17, 15) is 18.0 Å². The van der Waals surface area contributed by atoms with Gasteiger partial charge in [-0.25, -0.2) is 9.78 Å². The maximum absolute atomic E-state index is 12.8. The maximum Gasteiger partial charge on any atom is 0.340 e. The van der Waals surface area contributed by atoms with Crippen LogP contribution in [0.2, 0.25) is 0 Å². The van der Waals surface area contributed by atoms with E-state index in [1.54, 1.807) is 12.1 Å². The summed E-state index contributed by atoms with van der Waals surface area (Å²) >= 11 is 0. The van der Waals surface area contributed by atoms with Crippen LogP contribution < -0.4 is 5.32 Å². The average molecular weight is 423 g/mol. The number of nitrogens with zero attached hydrogens (tertiary/aromatic N) is 3. The smallest absolute Gasteiger partial charge is 0.340 e. The van der Waals surface area contributed by atoms with Crippen molar-refractivity contribution in [3.8, 4) is 0 Å². The lowest BCUT2D eigenvalue weighted by atomic mass is 9.90. The topological polar surface area (TPSA) is 111 Å². The highest BCUT2D eigenvalue weighted by Crippen LogP contribution is 2.28. The first-order valence-electron chi connectivity index (χ1n) is 9.61. The van der Waals surface area contributed by atoms with Crippen molar-refractivity contribution >= 4 is 39.1 Å². The molecule has 0 atom stereocenters. The Morgan fingerprint density at radius 2 is 1.93 bits per heavy atom. The van der Waals surface area contributed by atoms with Gasteiger partial charge in [0.05, 0.1) is 17.7 Å². The highest BCUT2D eigenvalue weighted by atomic mass is 32.2. The lowest BCUT2D eigenvalue weighted by Crippen LogP contribution is -2.30. The Labute approximate surface area is 170 Å². The first kappa shape index (κ1) is 21.3. The second kappa shape index (κ2) is 8.50. The minimum Gasteiger partial charge on any atom is -0.462 e. The molecule has 0 radical (unpaired) electrons. The molecule has 1 aromatic carbocycles. The molecular formula is C19H26N4O5S. The minimum absolute atomic E-state index is 0.162. The van der Waals surface area contributed by atoms with E-state index in [4.69, 9.17) is 4.74 Å². The van der Waals surface area contributed by atoms with E-state index in [1.165, 1.54) is 33.5 Å². The number of aromatic nitrogens is 2. The van der Waals surface area contributed by atoms with Gasteiger partial charge >= 0.3 is 16.2 Å². The van der Waals surface area contributed by atoms with Crippen molar-refractivity contribution in [2.75, 3.05) is 26.0 Å². The highest BCUT2D eigenvalue weighted by Gasteiger charge is 2.27. The van der Waals surface area contributed by atoms with Crippen LogP contribution in [0, 0.1) is 5.92 Å². The van der Waals surface area contributed by atoms with E-state index < -0.39 is 22.1 Å². The fourth-order valence-electron chi connectivity index (χ4n) is 3.50. The molecule has 10 heteroatoms. The van der Waals surface area contributed by atoms with Crippen molar-refractivity contribution in [3.05, 3.63) is 23.8 Å². The van der Waals surface area contributed by atoms with Crippen LogP contribution >= 0.6 is 0 Å². The molecule has 0 unspecified atom stereocenters. The summed E-state index contributed by atoms with van der Waals surface area (Å²) < 4.78 is 33.0. The largest absolute Gasteiger partial charge is 0.462 e. The second-order valence-electron chi connectivity index (χ2n) is 7.45. The predicted molar refractivity (Wildman–Crippen MR) is 109 cm³/mol. The van der Waals surface area contributed by atoms with Crippen LogP contribution in [-0.2, 0) is 19.7 Å². The molecule has 1 saturated carbocycles. The summed E-state index contributed by atoms with van der Waals surface area (Å²) in [7, 11) is -1.24. The summed E-state index contributed by atoms with van der Waals surface area (Å²) in [6, 6.07) is 4.65. The van der Waals surface area contributed by atoms with Gasteiger partial charge < -0.3 is 4.74 Å². The number of para-hydroxylation sites is 1. The van der Waals surface area contributed by atoms with Gasteiger partial charge in [-0.15, -0.1) is 0 Å². The van der Waals surface area contributed by atoms with E-state index in [-0.39, 0.29) is 22.5 Å². The quantitative estimate of drug-likeness (QED) is 0.716. The molecule has 1 heterocycles. The zero-order valence-corrected chi connectivity index (χ0v) is 17.7. The van der Waals surface area contributed by atoms with E-state index in [1.807, 2.05) is 0 Å². The summed E-state index contributed by atoms with van der Waals surface area (Å²) in [5, 5.41) is 2.43. The Hall–Kier alpha value is -2.46. The highest BCUT2D eigenvalue weighted by molar-refractivity contribution is 7.87. The summed E-state index contributed by atoms with van der Waals surface area (Å²) in [5.41, 5.74) is 0.516. The van der Waals surface area contributed by atoms with Gasteiger partial charge in [0.1, 0.15) is 5.52 Å². The van der Waals surface area contributed by atoms with E-state index in [2.05, 4.69) is 10.3 Å². The van der Waals surface area contributed by atoms with Gasteiger partial charge in [0.15, 0.2) is 0 Å². The number of imidazole rings is 1. The molecule has 0 aliphatic heterocycles. The number of carbonyl (C=O) groups is 2. The zero-order valence-electron chi connectivity index (χ0n) is 16.8. The molecule has 0 bridgehead atoms. The Kier molecular flexibility index (Phi) is 6.23. The Bertz CT molecular complexity index is 1020. The number of ether oxygens (including phenoxy) is 1. The van der Waals surface area contributed by atoms with Gasteiger partial charge in [0.2, 0.25) is 11.9 Å². The third kappa shape index (κ3) is 4.43. The van der Waals surface area contributed by atoms with Crippen LogP contribution in [0.25, 0.3) is 11.0 Å². The number of hydrogen-bond acceptors (Lipinski definition) is 6. The Morgan fingerprint density at radius 3 is 2.55 bits per heavy atom. The van der Waals surface area contributed by atoms with Gasteiger partial charge in [-0.05, 0) is 30.9 Å². The third-order valence-corrected chi connectivity index (χ3v) is 6.77. The normalized spacial score (nSPS) is 15.6. The fourth-order valence-corrected chi connectivity index (χ4v) is 4.53. The standard InChI is InChI=1S/C19H26N4O5S/c1-13(24)20-19-21-17-15(18(25)28-12-14-8-5-4-6-9-14)10-7-11-16(17)23(19)29(26,27)22(2)3/h7,10-11,14H,4-6,8-9,12H2,1-3H3,(H,20,21,24). The lowest BCUT2D eigenvalue weighted by molar-refractivity contribution is -0.114. The predicted octanol–water partition coefficient (Wildman–Crippen LogP) is 2.39. The van der Waals surface area contributed by atoms with Crippen LogP contribution in [0.15, 0.2) is 18.2 Å². The molecule has 1 N–H and O–H groups in total. The monoisotopic (exact) mass is 422 g/mol. The third-order valence-electron chi connectivity index (χ3n) is 5.02. The van der Waals surface area contributed by atoms with Crippen molar-refractivity contribution in [1.82, 2.24) is 13.3 Å². The van der Waals surface area contributed by atoms with Crippen molar-refractivity contribution in [1.29, 1.82) is 0 Å². The first-order chi connectivity index (χ1) is 13.7. The molecule has 2 aromatic rings. The Balaban J connectivity index is 2.00. The molecule has 1 aromatic heterocycles. The van der Waals surface area contributed by atoms with Crippen molar-refractivity contribution in [2.24, 2.45) is 5.92 Å². The molecule has 1 aliphatic carbocycles. The van der Waals surface area contributed by atoms with Gasteiger partial charge in [-0.1, -0.05) is 25.3 Å². The maximum atomic E-state index is 12.8. The number of fused-ring (bicyclic) bond motifs is 1. The van der Waals surface area contributed by atoms with Crippen molar-refractivity contribution in [3.63, 3.8) is 0 Å². The van der Waals surface area contributed by atoms with Crippen LogP contribution in [0.1, 0.15) is 49.4 Å². The van der Waals surface area contributed by atoms with Crippen LogP contribution in [0.5, 0.6) is 0 Å². The molecule has 158 valence electrons. The van der Waals surface area contributed by atoms with Crippen molar-refractivity contribution < 1.29 is 22.7 Å². The zero-order chi connectivity index (χ0) is 21.2. The minimum atomic E-state index is -3.99. The number of rotatable bonds is 6. The number of amides is 1. The van der Waals surface area contributed by atoms with E-state index in [0.717, 1.165) is 34.0 Å². The van der Waals surface area contributed by atoms with Gasteiger partial charge in [0, 0.05) is 21.0 Å². The van der Waals surface area contributed by atoms with Crippen LogP contribution in [-0.4, -0.2) is 54.3 Å². The lowest BCUT2D eigenvalue weighted by Gasteiger charge is -2.21. The first-order valence-corrected chi connectivity index (χ1v) is 11.0. The van der Waals surface area contributed by atoms with E-state index >= 15 is 0 Å². The van der Waals surface area contributed by atoms with Crippen LogP contribution in [0.4, 0.5) is 5.95 Å². The number of anilines is 1. The number of carbonyl (C=O) groups excluding carboxylic acids is 2. The van der Waals surface area contributed by atoms with Crippen LogP contribution in [0.3, 0.4) is 0 Å². The molecule has 1 fully saturated rings. The molecule has 3 rings (SSSR count). The molecule has 1 aliphatic rings. The number of esters is 1. The summed E-state index contributed by atoms with van der Waals surface area (Å²) in [6.07, 6.45) is 5.59. The molecule has 9 nitrogen and oxygen atoms in total. The van der Waals surface area contributed by atoms with Gasteiger partial charge in [-0.3, -0.25) is 10.1 Å². The second-order valence-corrected chi connectivity index (χ2v) is 9.44. The van der Waals surface area contributed by atoms with Gasteiger partial charge in [-0.2, -0.15) is 16.7 Å². The van der Waals surface area contributed by atoms with E-state index in [0.29, 0.717) is 12.5 Å². The van der Waals surface area contributed by atoms with Gasteiger partial charge in [0.25, 0.3) is 0 Å². The number of nitrogens with one attached hydrogen (secondary N) is 1. The Morgan fingerprint density at radius 1 is 1.24 bits per heavy atom. The number of hydrogen-bond donors (Lipinski definition) is 1. The molecule has 29 heavy (non-hydrogen) atoms. The molecular weight excluding hydrogens is 396 g/mol. The number of benzene rings is 1. The fraction of sp³-hybridized carbons (Fsp3) is 0.526. The molecule has 0 saturated heterocycles. The SMILES string of the molecule is CC(=O)Nc1nc2c(C(=O)OCC3CCCCC3)cccc2n1S(=O)(=O)N(C)C. The molecule has 1 amide bonds. The average Bonchev–Trinajstić information content (AvgIpc) is 3.04.